The van der Waals surface area contributed by atoms with Crippen molar-refractivity contribution in [1.82, 2.24) is 4.90 Å². The van der Waals surface area contributed by atoms with Gasteiger partial charge in [-0.15, -0.1) is 0 Å². The normalized spacial score (nSPS) is 12.6. The van der Waals surface area contributed by atoms with Crippen molar-refractivity contribution in [2.24, 2.45) is 0 Å². The number of aliphatic hydroxyl groups is 1. The lowest BCUT2D eigenvalue weighted by Crippen LogP contribution is -2.24. The summed E-state index contributed by atoms with van der Waals surface area (Å²) in [5.74, 6) is 0. The maximum atomic E-state index is 10.7. The Kier molecular flexibility index (Phi) is 4.84. The van der Waals surface area contributed by atoms with Crippen molar-refractivity contribution >= 4 is 17.0 Å². The smallest absolute Gasteiger partial charge is 0.269 e. The first-order valence-electron chi connectivity index (χ1n) is 6.18. The van der Waals surface area contributed by atoms with E-state index in [2.05, 4.69) is 5.38 Å². The second-order valence-electron chi connectivity index (χ2n) is 4.70. The highest BCUT2D eigenvalue weighted by molar-refractivity contribution is 7.07. The van der Waals surface area contributed by atoms with Crippen molar-refractivity contribution < 1.29 is 10.0 Å². The van der Waals surface area contributed by atoms with Crippen molar-refractivity contribution in [2.45, 2.75) is 12.6 Å². The number of hydrogen-bond acceptors (Lipinski definition) is 5. The van der Waals surface area contributed by atoms with Crippen LogP contribution in [0.5, 0.6) is 0 Å². The number of benzene rings is 1. The summed E-state index contributed by atoms with van der Waals surface area (Å²) in [5.41, 5.74) is 1.77. The average Bonchev–Trinajstić information content (AvgIpc) is 2.91. The molecular weight excluding hydrogens is 276 g/mol. The number of rotatable bonds is 6. The number of aliphatic hydroxyl groups excluding tert-OH is 1. The number of hydrogen-bond donors (Lipinski definition) is 1. The SMILES string of the molecule is CN(Cc1ccsc1)CC(O)c1cccc([N+](=O)[O-])c1. The summed E-state index contributed by atoms with van der Waals surface area (Å²) in [4.78, 5) is 12.3. The molecule has 0 aliphatic rings. The molecule has 0 saturated heterocycles. The van der Waals surface area contributed by atoms with Gasteiger partial charge in [0, 0.05) is 25.2 Å². The predicted octanol–water partition coefficient (Wildman–Crippen LogP) is 2.82. The summed E-state index contributed by atoms with van der Waals surface area (Å²) < 4.78 is 0. The Morgan fingerprint density at radius 1 is 1.45 bits per heavy atom. The molecule has 6 heteroatoms. The molecule has 1 atom stereocenters. The maximum absolute atomic E-state index is 10.7. The highest BCUT2D eigenvalue weighted by Crippen LogP contribution is 2.20. The summed E-state index contributed by atoms with van der Waals surface area (Å²) in [5, 5.41) is 25.0. The third kappa shape index (κ3) is 3.86. The molecule has 0 saturated carbocycles. The summed E-state index contributed by atoms with van der Waals surface area (Å²) in [6.07, 6.45) is -0.737. The summed E-state index contributed by atoms with van der Waals surface area (Å²) in [7, 11) is 1.91. The highest BCUT2D eigenvalue weighted by atomic mass is 32.1. The zero-order valence-corrected chi connectivity index (χ0v) is 11.9. The Morgan fingerprint density at radius 3 is 2.90 bits per heavy atom. The number of thiophene rings is 1. The molecule has 2 aromatic rings. The van der Waals surface area contributed by atoms with Crippen LogP contribution in [0.1, 0.15) is 17.2 Å². The predicted molar refractivity (Wildman–Crippen MR) is 78.7 cm³/mol. The van der Waals surface area contributed by atoms with Gasteiger partial charge in [0.2, 0.25) is 0 Å². The third-order valence-corrected chi connectivity index (χ3v) is 3.72. The van der Waals surface area contributed by atoms with Gasteiger partial charge >= 0.3 is 0 Å². The Hall–Kier alpha value is -1.76. The molecule has 0 radical (unpaired) electrons. The number of non-ortho nitro benzene ring substituents is 1. The zero-order valence-electron chi connectivity index (χ0n) is 11.1. The summed E-state index contributed by atoms with van der Waals surface area (Å²) >= 11 is 1.64. The van der Waals surface area contributed by atoms with E-state index >= 15 is 0 Å². The monoisotopic (exact) mass is 292 g/mol. The van der Waals surface area contributed by atoms with Gasteiger partial charge in [-0.25, -0.2) is 0 Å². The van der Waals surface area contributed by atoms with E-state index in [1.165, 1.54) is 17.7 Å². The lowest BCUT2D eigenvalue weighted by molar-refractivity contribution is -0.385. The van der Waals surface area contributed by atoms with Gasteiger partial charge in [-0.3, -0.25) is 15.0 Å². The molecule has 1 unspecified atom stereocenters. The Balaban J connectivity index is 1.98. The first-order chi connectivity index (χ1) is 9.56. The Bertz CT molecular complexity index is 572. The average molecular weight is 292 g/mol. The Morgan fingerprint density at radius 2 is 2.25 bits per heavy atom. The second-order valence-corrected chi connectivity index (χ2v) is 5.48. The molecule has 20 heavy (non-hydrogen) atoms. The van der Waals surface area contributed by atoms with Gasteiger partial charge in [0.1, 0.15) is 0 Å². The van der Waals surface area contributed by atoms with Crippen molar-refractivity contribution in [3.63, 3.8) is 0 Å². The number of nitrogens with zero attached hydrogens (tertiary/aromatic N) is 2. The van der Waals surface area contributed by atoms with Gasteiger partial charge in [0.25, 0.3) is 5.69 Å². The van der Waals surface area contributed by atoms with Gasteiger partial charge in [-0.1, -0.05) is 12.1 Å². The standard InChI is InChI=1S/C14H16N2O3S/c1-15(8-11-5-6-20-10-11)9-14(17)12-3-2-4-13(7-12)16(18)19/h2-7,10,14,17H,8-9H2,1H3. The molecule has 0 fully saturated rings. The molecule has 1 aromatic carbocycles. The fourth-order valence-electron chi connectivity index (χ4n) is 2.01. The molecule has 1 aromatic heterocycles. The van der Waals surface area contributed by atoms with Crippen molar-refractivity contribution in [1.29, 1.82) is 0 Å². The fourth-order valence-corrected chi connectivity index (χ4v) is 2.66. The molecule has 0 aliphatic heterocycles. The number of nitro benzene ring substituents is 1. The van der Waals surface area contributed by atoms with Crippen molar-refractivity contribution in [3.05, 3.63) is 62.3 Å². The summed E-state index contributed by atoms with van der Waals surface area (Å²) in [6.45, 7) is 1.17. The molecule has 5 nitrogen and oxygen atoms in total. The third-order valence-electron chi connectivity index (χ3n) is 2.98. The van der Waals surface area contributed by atoms with E-state index in [0.717, 1.165) is 6.54 Å². The lowest BCUT2D eigenvalue weighted by atomic mass is 10.1. The van der Waals surface area contributed by atoms with Crippen LogP contribution in [0.4, 0.5) is 5.69 Å². The van der Waals surface area contributed by atoms with Crippen LogP contribution in [0.15, 0.2) is 41.1 Å². The minimum atomic E-state index is -0.737. The molecule has 0 spiro atoms. The first-order valence-corrected chi connectivity index (χ1v) is 7.12. The van der Waals surface area contributed by atoms with Crippen LogP contribution in [0.25, 0.3) is 0 Å². The van der Waals surface area contributed by atoms with Crippen molar-refractivity contribution in [3.8, 4) is 0 Å². The van der Waals surface area contributed by atoms with Gasteiger partial charge in [-0.2, -0.15) is 11.3 Å². The van der Waals surface area contributed by atoms with Crippen LogP contribution in [0, 0.1) is 10.1 Å². The quantitative estimate of drug-likeness (QED) is 0.656. The van der Waals surface area contributed by atoms with Gasteiger partial charge < -0.3 is 5.11 Å². The minimum Gasteiger partial charge on any atom is -0.387 e. The lowest BCUT2D eigenvalue weighted by Gasteiger charge is -2.20. The molecule has 0 bridgehead atoms. The number of likely N-dealkylation sites (N-methyl/N-ethyl adjacent to an activating group) is 1. The van der Waals surface area contributed by atoms with Crippen molar-refractivity contribution in [2.75, 3.05) is 13.6 Å². The molecule has 1 N–H and O–H groups in total. The Labute approximate surface area is 121 Å². The van der Waals surface area contributed by atoms with Crippen LogP contribution in [-0.4, -0.2) is 28.5 Å². The molecule has 0 amide bonds. The van der Waals surface area contributed by atoms with E-state index in [-0.39, 0.29) is 5.69 Å². The van der Waals surface area contributed by atoms with Crippen LogP contribution in [0.2, 0.25) is 0 Å². The first kappa shape index (κ1) is 14.6. The topological polar surface area (TPSA) is 66.6 Å². The fraction of sp³-hybridized carbons (Fsp3) is 0.286. The van der Waals surface area contributed by atoms with E-state index in [9.17, 15) is 15.2 Å². The second kappa shape index (κ2) is 6.60. The highest BCUT2D eigenvalue weighted by Gasteiger charge is 2.14. The maximum Gasteiger partial charge on any atom is 0.269 e. The van der Waals surface area contributed by atoms with Crippen LogP contribution >= 0.6 is 11.3 Å². The van der Waals surface area contributed by atoms with Crippen LogP contribution in [0.3, 0.4) is 0 Å². The van der Waals surface area contributed by atoms with E-state index in [1.54, 1.807) is 23.5 Å². The van der Waals surface area contributed by atoms with E-state index in [1.807, 2.05) is 23.4 Å². The molecule has 1 heterocycles. The summed E-state index contributed by atoms with van der Waals surface area (Å²) in [6, 6.07) is 8.18. The van der Waals surface area contributed by atoms with Crippen LogP contribution in [-0.2, 0) is 6.54 Å². The van der Waals surface area contributed by atoms with E-state index < -0.39 is 11.0 Å². The van der Waals surface area contributed by atoms with E-state index in [0.29, 0.717) is 12.1 Å². The van der Waals surface area contributed by atoms with Gasteiger partial charge in [-0.05, 0) is 35.0 Å². The van der Waals surface area contributed by atoms with E-state index in [4.69, 9.17) is 0 Å². The minimum absolute atomic E-state index is 0.00189. The largest absolute Gasteiger partial charge is 0.387 e. The molecular formula is C14H16N2O3S. The molecule has 106 valence electrons. The zero-order chi connectivity index (χ0) is 14.5. The number of nitro groups is 1. The molecule has 0 aliphatic carbocycles. The van der Waals surface area contributed by atoms with Gasteiger partial charge in [0.15, 0.2) is 0 Å². The molecule has 2 rings (SSSR count). The van der Waals surface area contributed by atoms with Crippen LogP contribution < -0.4 is 0 Å². The van der Waals surface area contributed by atoms with Gasteiger partial charge in [0.05, 0.1) is 11.0 Å².